The summed E-state index contributed by atoms with van der Waals surface area (Å²) >= 11 is 0. The third kappa shape index (κ3) is 3.91. The monoisotopic (exact) mass is 369 g/mol. The fraction of sp³-hybridized carbons (Fsp3) is 0.474. The first-order chi connectivity index (χ1) is 13.2. The molecule has 1 amide bonds. The van der Waals surface area contributed by atoms with E-state index in [2.05, 4.69) is 25.4 Å². The number of carbonyl (C=O) groups excluding carboxylic acids is 1. The molecule has 0 aromatic carbocycles. The van der Waals surface area contributed by atoms with Crippen molar-refractivity contribution in [2.24, 2.45) is 11.8 Å². The minimum absolute atomic E-state index is 0.122. The van der Waals surface area contributed by atoms with Crippen LogP contribution in [0.15, 0.2) is 36.8 Å². The van der Waals surface area contributed by atoms with Gasteiger partial charge < -0.3 is 14.8 Å². The SMILES string of the molecule is COc1ncccc1CN1C[C@@H]2[C@H](CNC(=O)c3ccnnc3)CO[C@@H]2C1. The van der Waals surface area contributed by atoms with E-state index in [-0.39, 0.29) is 12.0 Å². The highest BCUT2D eigenvalue weighted by atomic mass is 16.5. The van der Waals surface area contributed by atoms with Crippen molar-refractivity contribution < 1.29 is 14.3 Å². The van der Waals surface area contributed by atoms with E-state index in [1.165, 1.54) is 12.4 Å². The molecular weight excluding hydrogens is 346 g/mol. The van der Waals surface area contributed by atoms with Gasteiger partial charge in [0.1, 0.15) is 0 Å². The second-order valence-corrected chi connectivity index (χ2v) is 7.00. The molecule has 2 aromatic rings. The van der Waals surface area contributed by atoms with E-state index in [0.29, 0.717) is 36.4 Å². The molecule has 2 fully saturated rings. The van der Waals surface area contributed by atoms with Gasteiger partial charge in [-0.15, -0.1) is 0 Å². The molecule has 0 bridgehead atoms. The van der Waals surface area contributed by atoms with Crippen molar-refractivity contribution in [2.75, 3.05) is 33.4 Å². The summed E-state index contributed by atoms with van der Waals surface area (Å²) in [7, 11) is 1.64. The van der Waals surface area contributed by atoms with Crippen molar-refractivity contribution in [1.29, 1.82) is 0 Å². The lowest BCUT2D eigenvalue weighted by Gasteiger charge is -2.20. The quantitative estimate of drug-likeness (QED) is 0.804. The van der Waals surface area contributed by atoms with Crippen LogP contribution in [0.5, 0.6) is 5.88 Å². The second kappa shape index (κ2) is 7.98. The van der Waals surface area contributed by atoms with Crippen LogP contribution in [-0.2, 0) is 11.3 Å². The number of pyridine rings is 1. The summed E-state index contributed by atoms with van der Waals surface area (Å²) in [6.07, 6.45) is 4.95. The standard InChI is InChI=1S/C19H23N5O3/c1-26-19-14(3-2-5-20-19)9-24-10-16-15(12-27-17(16)11-24)7-21-18(25)13-4-6-22-23-8-13/h2-6,8,15-17H,7,9-12H2,1H3,(H,21,25)/t15-,16-,17-/m1/s1. The lowest BCUT2D eigenvalue weighted by molar-refractivity contribution is 0.0902. The first-order valence-electron chi connectivity index (χ1n) is 9.11. The molecule has 8 nitrogen and oxygen atoms in total. The summed E-state index contributed by atoms with van der Waals surface area (Å²) < 4.78 is 11.3. The van der Waals surface area contributed by atoms with Crippen LogP contribution in [0.3, 0.4) is 0 Å². The van der Waals surface area contributed by atoms with Gasteiger partial charge in [0.2, 0.25) is 5.88 Å². The number of methoxy groups -OCH3 is 1. The number of aromatic nitrogens is 3. The van der Waals surface area contributed by atoms with Crippen molar-refractivity contribution in [3.63, 3.8) is 0 Å². The summed E-state index contributed by atoms with van der Waals surface area (Å²) in [5, 5.41) is 10.4. The van der Waals surface area contributed by atoms with Crippen LogP contribution >= 0.6 is 0 Å². The molecule has 4 heterocycles. The van der Waals surface area contributed by atoms with Gasteiger partial charge >= 0.3 is 0 Å². The van der Waals surface area contributed by atoms with Gasteiger partial charge in [0.15, 0.2) is 0 Å². The van der Waals surface area contributed by atoms with Crippen LogP contribution in [0.1, 0.15) is 15.9 Å². The Balaban J connectivity index is 1.32. The van der Waals surface area contributed by atoms with Gasteiger partial charge in [0.25, 0.3) is 5.91 Å². The van der Waals surface area contributed by atoms with Gasteiger partial charge in [-0.2, -0.15) is 10.2 Å². The van der Waals surface area contributed by atoms with Crippen molar-refractivity contribution in [2.45, 2.75) is 12.6 Å². The summed E-state index contributed by atoms with van der Waals surface area (Å²) in [6, 6.07) is 5.63. The van der Waals surface area contributed by atoms with E-state index in [1.807, 2.05) is 12.1 Å². The summed E-state index contributed by atoms with van der Waals surface area (Å²) in [6.45, 7) is 3.91. The molecule has 0 aliphatic carbocycles. The number of hydrogen-bond donors (Lipinski definition) is 1. The predicted octanol–water partition coefficient (Wildman–Crippen LogP) is 0.757. The Kier molecular flexibility index (Phi) is 5.26. The Labute approximate surface area is 157 Å². The minimum atomic E-state index is -0.122. The van der Waals surface area contributed by atoms with Gasteiger partial charge in [0.05, 0.1) is 37.8 Å². The van der Waals surface area contributed by atoms with Crippen LogP contribution in [0, 0.1) is 11.8 Å². The number of rotatable bonds is 6. The molecule has 8 heteroatoms. The van der Waals surface area contributed by atoms with Crippen LogP contribution < -0.4 is 10.1 Å². The van der Waals surface area contributed by atoms with E-state index < -0.39 is 0 Å². The number of fused-ring (bicyclic) bond motifs is 1. The third-order valence-corrected chi connectivity index (χ3v) is 5.32. The summed E-state index contributed by atoms with van der Waals surface area (Å²) in [5.41, 5.74) is 1.60. The molecule has 1 N–H and O–H groups in total. The van der Waals surface area contributed by atoms with Crippen molar-refractivity contribution >= 4 is 5.91 Å². The predicted molar refractivity (Wildman–Crippen MR) is 97.2 cm³/mol. The molecule has 0 unspecified atom stereocenters. The molecule has 4 rings (SSSR count). The number of likely N-dealkylation sites (tertiary alicyclic amines) is 1. The topological polar surface area (TPSA) is 89.5 Å². The highest BCUT2D eigenvalue weighted by Crippen LogP contribution is 2.34. The fourth-order valence-corrected chi connectivity index (χ4v) is 3.94. The van der Waals surface area contributed by atoms with Crippen LogP contribution in [0.25, 0.3) is 0 Å². The maximum Gasteiger partial charge on any atom is 0.252 e. The normalized spacial score (nSPS) is 24.6. The largest absolute Gasteiger partial charge is 0.481 e. The summed E-state index contributed by atoms with van der Waals surface area (Å²) in [4.78, 5) is 18.9. The van der Waals surface area contributed by atoms with Crippen molar-refractivity contribution in [3.05, 3.63) is 47.9 Å². The molecule has 0 radical (unpaired) electrons. The highest BCUT2D eigenvalue weighted by molar-refractivity contribution is 5.93. The van der Waals surface area contributed by atoms with E-state index in [4.69, 9.17) is 9.47 Å². The Morgan fingerprint density at radius 2 is 2.26 bits per heavy atom. The Bertz CT molecular complexity index is 788. The number of amides is 1. The number of ether oxygens (including phenoxy) is 2. The third-order valence-electron chi connectivity index (χ3n) is 5.32. The zero-order chi connectivity index (χ0) is 18.6. The number of carbonyl (C=O) groups is 1. The maximum absolute atomic E-state index is 12.2. The first kappa shape index (κ1) is 17.8. The van der Waals surface area contributed by atoms with E-state index in [9.17, 15) is 4.79 Å². The lowest BCUT2D eigenvalue weighted by Crippen LogP contribution is -2.34. The van der Waals surface area contributed by atoms with Crippen molar-refractivity contribution in [1.82, 2.24) is 25.4 Å². The molecule has 2 aliphatic heterocycles. The van der Waals surface area contributed by atoms with Gasteiger partial charge in [-0.3, -0.25) is 9.69 Å². The van der Waals surface area contributed by atoms with Crippen LogP contribution in [-0.4, -0.2) is 65.4 Å². The Morgan fingerprint density at radius 3 is 3.07 bits per heavy atom. The molecule has 2 aromatic heterocycles. The average molecular weight is 369 g/mol. The van der Waals surface area contributed by atoms with Crippen LogP contribution in [0.4, 0.5) is 0 Å². The molecule has 2 saturated heterocycles. The number of hydrogen-bond acceptors (Lipinski definition) is 7. The maximum atomic E-state index is 12.2. The molecule has 0 saturated carbocycles. The Hall–Kier alpha value is -2.58. The number of nitrogens with one attached hydrogen (secondary N) is 1. The molecular formula is C19H23N5O3. The fourth-order valence-electron chi connectivity index (χ4n) is 3.94. The molecule has 0 spiro atoms. The van der Waals surface area contributed by atoms with Gasteiger partial charge in [-0.25, -0.2) is 4.98 Å². The van der Waals surface area contributed by atoms with E-state index >= 15 is 0 Å². The second-order valence-electron chi connectivity index (χ2n) is 7.00. The Morgan fingerprint density at radius 1 is 1.33 bits per heavy atom. The van der Waals surface area contributed by atoms with E-state index in [1.54, 1.807) is 19.4 Å². The molecule has 3 atom stereocenters. The van der Waals surface area contributed by atoms with Crippen LogP contribution in [0.2, 0.25) is 0 Å². The average Bonchev–Trinajstić information content (AvgIpc) is 3.27. The smallest absolute Gasteiger partial charge is 0.252 e. The van der Waals surface area contributed by atoms with Gasteiger partial charge in [0, 0.05) is 49.8 Å². The lowest BCUT2D eigenvalue weighted by atomic mass is 9.93. The minimum Gasteiger partial charge on any atom is -0.481 e. The molecule has 27 heavy (non-hydrogen) atoms. The molecule has 142 valence electrons. The molecule has 2 aliphatic rings. The first-order valence-corrected chi connectivity index (χ1v) is 9.11. The number of nitrogens with zero attached hydrogens (tertiary/aromatic N) is 4. The highest BCUT2D eigenvalue weighted by Gasteiger charge is 2.43. The summed E-state index contributed by atoms with van der Waals surface area (Å²) in [5.74, 6) is 1.28. The zero-order valence-electron chi connectivity index (χ0n) is 15.2. The van der Waals surface area contributed by atoms with Gasteiger partial charge in [-0.05, 0) is 12.1 Å². The zero-order valence-corrected chi connectivity index (χ0v) is 15.2. The van der Waals surface area contributed by atoms with E-state index in [0.717, 1.165) is 25.2 Å². The van der Waals surface area contributed by atoms with Crippen molar-refractivity contribution in [3.8, 4) is 5.88 Å². The van der Waals surface area contributed by atoms with Gasteiger partial charge in [-0.1, -0.05) is 6.07 Å².